The van der Waals surface area contributed by atoms with Gasteiger partial charge in [0.2, 0.25) is 5.91 Å². The SMILES string of the molecule is COc1ccccc1COCCCOc1ccc(C2=C(C(=O)N(C)Cc3ccccc3)C3CN(C(C)=O)CC(C2)N3)cc1. The minimum atomic E-state index is -0.219. The topological polar surface area (TPSA) is 80.3 Å². The number of methoxy groups -OCH3 is 1. The normalized spacial score (nSPS) is 17.9. The van der Waals surface area contributed by atoms with Crippen molar-refractivity contribution in [3.8, 4) is 11.5 Å². The highest BCUT2D eigenvalue weighted by atomic mass is 16.5. The molecule has 2 aliphatic rings. The lowest BCUT2D eigenvalue weighted by Gasteiger charge is -2.44. The molecule has 226 valence electrons. The van der Waals surface area contributed by atoms with Crippen molar-refractivity contribution in [1.82, 2.24) is 15.1 Å². The summed E-state index contributed by atoms with van der Waals surface area (Å²) in [6.07, 6.45) is 1.43. The van der Waals surface area contributed by atoms with Gasteiger partial charge in [-0.25, -0.2) is 0 Å². The molecule has 2 unspecified atom stereocenters. The fourth-order valence-electron chi connectivity index (χ4n) is 5.87. The van der Waals surface area contributed by atoms with E-state index in [0.717, 1.165) is 45.8 Å². The molecule has 8 nitrogen and oxygen atoms in total. The van der Waals surface area contributed by atoms with E-state index in [2.05, 4.69) is 5.32 Å². The van der Waals surface area contributed by atoms with Crippen LogP contribution in [0.3, 0.4) is 0 Å². The van der Waals surface area contributed by atoms with E-state index in [1.807, 2.05) is 90.8 Å². The number of carbonyl (C=O) groups excluding carboxylic acids is 2. The summed E-state index contributed by atoms with van der Waals surface area (Å²) in [5, 5.41) is 3.62. The maximum Gasteiger partial charge on any atom is 0.251 e. The summed E-state index contributed by atoms with van der Waals surface area (Å²) in [5.41, 5.74) is 4.88. The average molecular weight is 584 g/mol. The molecule has 2 aliphatic heterocycles. The first-order valence-electron chi connectivity index (χ1n) is 14.9. The van der Waals surface area contributed by atoms with E-state index < -0.39 is 0 Å². The number of hydrogen-bond donors (Lipinski definition) is 1. The third kappa shape index (κ3) is 7.63. The molecule has 1 N–H and O–H groups in total. The first kappa shape index (κ1) is 30.3. The molecule has 0 spiro atoms. The zero-order valence-electron chi connectivity index (χ0n) is 25.3. The number of hydrogen-bond acceptors (Lipinski definition) is 6. The number of likely N-dealkylation sites (N-methyl/N-ethyl adjacent to an activating group) is 1. The number of nitrogens with zero attached hydrogens (tertiary/aromatic N) is 2. The van der Waals surface area contributed by atoms with E-state index in [1.54, 1.807) is 18.9 Å². The molecular formula is C35H41N3O5. The monoisotopic (exact) mass is 583 g/mol. The first-order valence-corrected chi connectivity index (χ1v) is 14.9. The Morgan fingerprint density at radius 3 is 2.44 bits per heavy atom. The molecule has 0 aromatic heterocycles. The Hall–Kier alpha value is -4.14. The summed E-state index contributed by atoms with van der Waals surface area (Å²) in [5.74, 6) is 1.62. The second kappa shape index (κ2) is 14.4. The van der Waals surface area contributed by atoms with E-state index in [9.17, 15) is 9.59 Å². The summed E-state index contributed by atoms with van der Waals surface area (Å²) in [7, 11) is 3.51. The Labute approximate surface area is 254 Å². The van der Waals surface area contributed by atoms with Crippen molar-refractivity contribution in [2.24, 2.45) is 0 Å². The molecule has 3 aromatic rings. The van der Waals surface area contributed by atoms with Gasteiger partial charge in [-0.05, 0) is 41.3 Å². The highest BCUT2D eigenvalue weighted by Gasteiger charge is 2.39. The van der Waals surface area contributed by atoms with Gasteiger partial charge >= 0.3 is 0 Å². The van der Waals surface area contributed by atoms with Gasteiger partial charge in [0.1, 0.15) is 11.5 Å². The van der Waals surface area contributed by atoms with Gasteiger partial charge in [-0.2, -0.15) is 0 Å². The minimum Gasteiger partial charge on any atom is -0.496 e. The summed E-state index contributed by atoms with van der Waals surface area (Å²) < 4.78 is 17.2. The quantitative estimate of drug-likeness (QED) is 0.312. The molecule has 8 heteroatoms. The number of para-hydroxylation sites is 1. The molecule has 0 radical (unpaired) electrons. The summed E-state index contributed by atoms with van der Waals surface area (Å²) in [6, 6.07) is 25.7. The predicted octanol–water partition coefficient (Wildman–Crippen LogP) is 4.69. The molecule has 3 aromatic carbocycles. The number of rotatable bonds is 12. The third-order valence-corrected chi connectivity index (χ3v) is 8.04. The number of benzene rings is 3. The van der Waals surface area contributed by atoms with Crippen LogP contribution in [0, 0.1) is 0 Å². The number of ether oxygens (including phenoxy) is 3. The van der Waals surface area contributed by atoms with Crippen LogP contribution in [0.15, 0.2) is 84.4 Å². The Balaban J connectivity index is 1.24. The standard InChI is InChI=1S/C35H41N3O5/c1-25(39)38-22-29-20-31(34(32(23-38)36-29)35(40)37(2)21-26-10-5-4-6-11-26)27-14-16-30(17-15-27)43-19-9-18-42-24-28-12-7-8-13-33(28)41-3/h4-8,10-17,29,32,36H,9,18-24H2,1-3H3. The first-order chi connectivity index (χ1) is 20.9. The van der Waals surface area contributed by atoms with Gasteiger partial charge in [-0.15, -0.1) is 0 Å². The van der Waals surface area contributed by atoms with E-state index in [4.69, 9.17) is 14.2 Å². The smallest absolute Gasteiger partial charge is 0.251 e. The van der Waals surface area contributed by atoms with Gasteiger partial charge in [0.25, 0.3) is 5.91 Å². The van der Waals surface area contributed by atoms with Crippen molar-refractivity contribution >= 4 is 17.4 Å². The zero-order valence-corrected chi connectivity index (χ0v) is 25.3. The van der Waals surface area contributed by atoms with Crippen LogP contribution in [-0.2, 0) is 27.5 Å². The number of fused-ring (bicyclic) bond motifs is 2. The molecule has 2 amide bonds. The lowest BCUT2D eigenvalue weighted by atomic mass is 9.83. The van der Waals surface area contributed by atoms with Gasteiger partial charge in [0.15, 0.2) is 0 Å². The van der Waals surface area contributed by atoms with Gasteiger partial charge in [-0.1, -0.05) is 60.7 Å². The third-order valence-electron chi connectivity index (χ3n) is 8.04. The van der Waals surface area contributed by atoms with Crippen LogP contribution in [-0.4, -0.2) is 74.2 Å². The highest BCUT2D eigenvalue weighted by Crippen LogP contribution is 2.35. The molecule has 2 atom stereocenters. The van der Waals surface area contributed by atoms with E-state index in [-0.39, 0.29) is 23.9 Å². The Morgan fingerprint density at radius 2 is 1.70 bits per heavy atom. The van der Waals surface area contributed by atoms with Crippen LogP contribution in [0.5, 0.6) is 11.5 Å². The van der Waals surface area contributed by atoms with E-state index in [0.29, 0.717) is 45.9 Å². The molecule has 0 aliphatic carbocycles. The maximum absolute atomic E-state index is 14.0. The lowest BCUT2D eigenvalue weighted by molar-refractivity contribution is -0.132. The molecular weight excluding hydrogens is 542 g/mol. The summed E-state index contributed by atoms with van der Waals surface area (Å²) in [6.45, 7) is 4.84. The molecule has 5 rings (SSSR count). The van der Waals surface area contributed by atoms with Crippen molar-refractivity contribution in [3.05, 3.63) is 101 Å². The largest absolute Gasteiger partial charge is 0.496 e. The van der Waals surface area contributed by atoms with Crippen LogP contribution in [0.2, 0.25) is 0 Å². The van der Waals surface area contributed by atoms with Gasteiger partial charge < -0.3 is 29.3 Å². The number of carbonyl (C=O) groups is 2. The highest BCUT2D eigenvalue weighted by molar-refractivity contribution is 6.03. The van der Waals surface area contributed by atoms with Crippen LogP contribution in [0.4, 0.5) is 0 Å². The average Bonchev–Trinajstić information content (AvgIpc) is 3.03. The fourth-order valence-corrected chi connectivity index (χ4v) is 5.87. The number of piperazine rings is 1. The van der Waals surface area contributed by atoms with Gasteiger partial charge in [0, 0.05) is 57.2 Å². The molecule has 2 heterocycles. The second-order valence-electron chi connectivity index (χ2n) is 11.2. The number of nitrogens with one attached hydrogen (secondary N) is 1. The second-order valence-corrected chi connectivity index (χ2v) is 11.2. The van der Waals surface area contributed by atoms with Crippen molar-refractivity contribution in [1.29, 1.82) is 0 Å². The van der Waals surface area contributed by atoms with Crippen LogP contribution in [0.25, 0.3) is 5.57 Å². The Morgan fingerprint density at radius 1 is 0.953 bits per heavy atom. The Bertz CT molecular complexity index is 1420. The summed E-state index contributed by atoms with van der Waals surface area (Å²) >= 11 is 0. The lowest BCUT2D eigenvalue weighted by Crippen LogP contribution is -2.61. The van der Waals surface area contributed by atoms with Gasteiger partial charge in [0.05, 0.1) is 33.0 Å². The summed E-state index contributed by atoms with van der Waals surface area (Å²) in [4.78, 5) is 29.9. The molecule has 1 fully saturated rings. The number of amides is 2. The zero-order chi connectivity index (χ0) is 30.2. The van der Waals surface area contributed by atoms with Crippen LogP contribution < -0.4 is 14.8 Å². The van der Waals surface area contributed by atoms with E-state index >= 15 is 0 Å². The molecule has 2 bridgehead atoms. The van der Waals surface area contributed by atoms with Crippen molar-refractivity contribution in [3.63, 3.8) is 0 Å². The molecule has 0 saturated carbocycles. The maximum atomic E-state index is 14.0. The Kier molecular flexibility index (Phi) is 10.1. The van der Waals surface area contributed by atoms with Crippen LogP contribution in [0.1, 0.15) is 36.5 Å². The molecule has 1 saturated heterocycles. The molecule has 43 heavy (non-hydrogen) atoms. The van der Waals surface area contributed by atoms with Gasteiger partial charge in [-0.3, -0.25) is 9.59 Å². The van der Waals surface area contributed by atoms with Crippen molar-refractivity contribution < 1.29 is 23.8 Å². The fraction of sp³-hybridized carbons (Fsp3) is 0.371. The van der Waals surface area contributed by atoms with Crippen molar-refractivity contribution in [2.75, 3.05) is 40.5 Å². The predicted molar refractivity (Wildman–Crippen MR) is 167 cm³/mol. The van der Waals surface area contributed by atoms with E-state index in [1.165, 1.54) is 0 Å². The van der Waals surface area contributed by atoms with Crippen LogP contribution >= 0.6 is 0 Å². The minimum absolute atomic E-state index is 0.0198. The van der Waals surface area contributed by atoms with Crippen molar-refractivity contribution in [2.45, 2.75) is 45.0 Å².